The minimum absolute atomic E-state index is 0.165. The summed E-state index contributed by atoms with van der Waals surface area (Å²) in [5.41, 5.74) is 0. The number of unbranched alkanes of at least 4 members (excludes halogenated alkanes) is 9. The van der Waals surface area contributed by atoms with Gasteiger partial charge < -0.3 is 41.1 Å². The molecule has 44 heavy (non-hydrogen) atoms. The Kier molecular flexibility index (Phi) is 15.3. The van der Waals surface area contributed by atoms with Gasteiger partial charge in [0.25, 0.3) is 0 Å². The lowest BCUT2D eigenvalue weighted by Gasteiger charge is -2.43. The van der Waals surface area contributed by atoms with E-state index in [2.05, 4.69) is 49.8 Å². The van der Waals surface area contributed by atoms with Crippen molar-refractivity contribution in [2.75, 3.05) is 13.2 Å². The summed E-state index contributed by atoms with van der Waals surface area (Å²) in [5.74, 6) is 0.533. The zero-order chi connectivity index (χ0) is 31.9. The Morgan fingerprint density at radius 3 is 2.32 bits per heavy atom. The summed E-state index contributed by atoms with van der Waals surface area (Å²) in [6, 6.07) is -1.92. The van der Waals surface area contributed by atoms with Crippen molar-refractivity contribution in [2.45, 2.75) is 134 Å². The van der Waals surface area contributed by atoms with E-state index in [9.17, 15) is 30.0 Å². The molecular formula is C30H51N7O7. The van der Waals surface area contributed by atoms with Gasteiger partial charge in [0.15, 0.2) is 18.1 Å². The van der Waals surface area contributed by atoms with Gasteiger partial charge in [-0.25, -0.2) is 15.0 Å². The Morgan fingerprint density at radius 1 is 1.00 bits per heavy atom. The Bertz CT molecular complexity index is 1040. The third-order valence-electron chi connectivity index (χ3n) is 8.02. The fourth-order valence-corrected chi connectivity index (χ4v) is 5.44. The molecule has 3 heterocycles. The molecule has 0 radical (unpaired) electrons. The molecule has 7 unspecified atom stereocenters. The predicted octanol–water partition coefficient (Wildman–Crippen LogP) is 0.564. The zero-order valence-electron chi connectivity index (χ0n) is 26.0. The number of aliphatic imine (C=N–C) groups is 4. The molecule has 0 saturated carbocycles. The molecule has 0 bridgehead atoms. The van der Waals surface area contributed by atoms with Gasteiger partial charge >= 0.3 is 0 Å². The molecule has 7 atom stereocenters. The largest absolute Gasteiger partial charge is 0.394 e. The molecule has 1 saturated heterocycles. The highest BCUT2D eigenvalue weighted by molar-refractivity contribution is 6.21. The monoisotopic (exact) mass is 621 g/mol. The topological polar surface area (TPSA) is 210 Å². The first-order valence-electron chi connectivity index (χ1n) is 16.0. The molecule has 0 spiro atoms. The van der Waals surface area contributed by atoms with Gasteiger partial charge in [0, 0.05) is 6.42 Å². The summed E-state index contributed by atoms with van der Waals surface area (Å²) in [5, 5.41) is 49.5. The number of aliphatic hydroxyl groups excluding tert-OH is 4. The molecule has 0 aliphatic carbocycles. The van der Waals surface area contributed by atoms with Crippen LogP contribution in [0.4, 0.5) is 0 Å². The summed E-state index contributed by atoms with van der Waals surface area (Å²) >= 11 is 0. The number of nitrogens with one attached hydrogen (secondary N) is 3. The number of carbonyl (C=O) groups is 2. The Morgan fingerprint density at radius 2 is 1.66 bits per heavy atom. The first-order valence-corrected chi connectivity index (χ1v) is 16.0. The van der Waals surface area contributed by atoms with Gasteiger partial charge in [-0.15, -0.1) is 0 Å². The van der Waals surface area contributed by atoms with Crippen molar-refractivity contribution in [1.29, 1.82) is 0 Å². The van der Waals surface area contributed by atoms with Crippen LogP contribution in [0.1, 0.15) is 90.9 Å². The number of rotatable bonds is 19. The second-order valence-electron chi connectivity index (χ2n) is 12.1. The van der Waals surface area contributed by atoms with Gasteiger partial charge in [0.2, 0.25) is 11.8 Å². The maximum Gasteiger partial charge on any atom is 0.239 e. The van der Waals surface area contributed by atoms with Crippen LogP contribution < -0.4 is 16.0 Å². The maximum absolute atomic E-state index is 12.6. The molecule has 0 aromatic rings. The molecule has 0 aromatic heterocycles. The van der Waals surface area contributed by atoms with Crippen LogP contribution in [0.2, 0.25) is 0 Å². The molecule has 3 rings (SSSR count). The highest BCUT2D eigenvalue weighted by Gasteiger charge is 2.48. The van der Waals surface area contributed by atoms with E-state index in [1.807, 2.05) is 0 Å². The molecule has 14 nitrogen and oxygen atoms in total. The van der Waals surface area contributed by atoms with Gasteiger partial charge in [-0.2, -0.15) is 0 Å². The number of hydrogen-bond donors (Lipinski definition) is 7. The van der Waals surface area contributed by atoms with Crippen molar-refractivity contribution in [2.24, 2.45) is 25.9 Å². The van der Waals surface area contributed by atoms with E-state index < -0.39 is 55.2 Å². The Hall–Kier alpha value is -2.78. The molecular weight excluding hydrogens is 570 g/mol. The lowest BCUT2D eigenvalue weighted by Crippen LogP contribution is -2.67. The minimum Gasteiger partial charge on any atom is -0.394 e. The number of fused-ring (bicyclic) bond motifs is 1. The van der Waals surface area contributed by atoms with Crippen LogP contribution in [0.15, 0.2) is 20.0 Å². The van der Waals surface area contributed by atoms with Crippen molar-refractivity contribution in [1.82, 2.24) is 16.0 Å². The summed E-state index contributed by atoms with van der Waals surface area (Å²) in [6.07, 6.45) is 8.57. The Labute approximate surface area is 259 Å². The fraction of sp³-hybridized carbons (Fsp3) is 0.800. The van der Waals surface area contributed by atoms with Crippen LogP contribution >= 0.6 is 0 Å². The average Bonchev–Trinajstić information content (AvgIpc) is 3.50. The van der Waals surface area contributed by atoms with E-state index in [0.717, 1.165) is 31.6 Å². The maximum atomic E-state index is 12.6. The quantitative estimate of drug-likeness (QED) is 0.101. The first kappa shape index (κ1) is 35.7. The van der Waals surface area contributed by atoms with E-state index in [0.29, 0.717) is 12.3 Å². The van der Waals surface area contributed by atoms with Crippen LogP contribution in [-0.2, 0) is 14.3 Å². The molecule has 3 aliphatic heterocycles. The van der Waals surface area contributed by atoms with Crippen LogP contribution in [0, 0.1) is 5.92 Å². The van der Waals surface area contributed by atoms with E-state index in [1.165, 1.54) is 57.6 Å². The van der Waals surface area contributed by atoms with Gasteiger partial charge in [0.1, 0.15) is 36.6 Å². The van der Waals surface area contributed by atoms with Crippen LogP contribution in [0.3, 0.4) is 0 Å². The SMILES string of the molecule is CC(C)CCCCCCCCCCCCC(=O)NCC(=O)NC1C(O)C(O)C(/N=C2\N=CNC3=NC=NC32)OC1C(O)CO. The minimum atomic E-state index is -1.61. The van der Waals surface area contributed by atoms with Gasteiger partial charge in [-0.3, -0.25) is 14.6 Å². The van der Waals surface area contributed by atoms with Crippen LogP contribution in [0.25, 0.3) is 0 Å². The summed E-state index contributed by atoms with van der Waals surface area (Å²) in [6.45, 7) is 3.45. The number of carbonyl (C=O) groups excluding carboxylic acids is 2. The van der Waals surface area contributed by atoms with Gasteiger partial charge in [-0.05, 0) is 12.3 Å². The lowest BCUT2D eigenvalue weighted by molar-refractivity contribution is -0.209. The molecule has 0 aromatic carbocycles. The molecule has 248 valence electrons. The first-order chi connectivity index (χ1) is 21.2. The third kappa shape index (κ3) is 11.3. The number of amidine groups is 2. The molecule has 7 N–H and O–H groups in total. The van der Waals surface area contributed by atoms with Crippen molar-refractivity contribution in [3.63, 3.8) is 0 Å². The highest BCUT2D eigenvalue weighted by Crippen LogP contribution is 2.25. The number of amides is 2. The summed E-state index contributed by atoms with van der Waals surface area (Å²) in [7, 11) is 0. The zero-order valence-corrected chi connectivity index (χ0v) is 26.0. The number of hydrogen-bond acceptors (Lipinski definition) is 11. The van der Waals surface area contributed by atoms with E-state index in [-0.39, 0.29) is 18.3 Å². The highest BCUT2D eigenvalue weighted by atomic mass is 16.5. The van der Waals surface area contributed by atoms with E-state index >= 15 is 0 Å². The van der Waals surface area contributed by atoms with Crippen molar-refractivity contribution < 1.29 is 34.8 Å². The van der Waals surface area contributed by atoms with E-state index in [1.54, 1.807) is 0 Å². The second-order valence-corrected chi connectivity index (χ2v) is 12.1. The van der Waals surface area contributed by atoms with Gasteiger partial charge in [0.05, 0.1) is 25.5 Å². The van der Waals surface area contributed by atoms with Gasteiger partial charge in [-0.1, -0.05) is 78.1 Å². The second kappa shape index (κ2) is 18.9. The average molecular weight is 622 g/mol. The van der Waals surface area contributed by atoms with E-state index in [4.69, 9.17) is 4.74 Å². The Balaban J connectivity index is 1.36. The number of aliphatic hydroxyl groups is 4. The normalized spacial score (nSPS) is 27.6. The fourth-order valence-electron chi connectivity index (χ4n) is 5.44. The molecule has 2 amide bonds. The molecule has 14 heteroatoms. The summed E-state index contributed by atoms with van der Waals surface area (Å²) < 4.78 is 5.75. The van der Waals surface area contributed by atoms with Crippen molar-refractivity contribution in [3.8, 4) is 0 Å². The molecule has 3 aliphatic rings. The lowest BCUT2D eigenvalue weighted by atomic mass is 9.92. The number of nitrogens with zero attached hydrogens (tertiary/aromatic N) is 4. The smallest absolute Gasteiger partial charge is 0.239 e. The summed E-state index contributed by atoms with van der Waals surface area (Å²) in [4.78, 5) is 41.5. The van der Waals surface area contributed by atoms with Crippen LogP contribution in [0.5, 0.6) is 0 Å². The number of ether oxygens (including phenoxy) is 1. The third-order valence-corrected chi connectivity index (χ3v) is 8.02. The molecule has 1 fully saturated rings. The van der Waals surface area contributed by atoms with Crippen molar-refractivity contribution in [3.05, 3.63) is 0 Å². The predicted molar refractivity (Wildman–Crippen MR) is 168 cm³/mol. The standard InChI is InChI=1S/C30H51N7O7/c1-19(2)13-11-9-7-5-3-4-6-8-10-12-14-21(40)31-15-22(41)36-23-25(42)26(43)30(44-27(23)20(39)16-38)37-29-24-28(33-17-32-24)34-18-35-29/h17-20,23-27,30,38-39,42-43H,3-16H2,1-2H3,(H,31,40)(H,36,41)(H,32,33,34,35,37). The van der Waals surface area contributed by atoms with Crippen LogP contribution in [-0.4, -0.2) is 112 Å². The van der Waals surface area contributed by atoms with Crippen molar-refractivity contribution >= 4 is 36.2 Å².